The van der Waals surface area contributed by atoms with Crippen molar-refractivity contribution in [2.24, 2.45) is 0 Å². The molecular formula is C38H45Cl2F3N4O8. The summed E-state index contributed by atoms with van der Waals surface area (Å²) in [5.74, 6) is -0.0560. The number of anilines is 3. The Kier molecular flexibility index (Phi) is 16.7. The Morgan fingerprint density at radius 1 is 0.673 bits per heavy atom. The molecule has 0 fully saturated rings. The number of benzene rings is 3. The highest BCUT2D eigenvalue weighted by Gasteiger charge is 2.37. The molecule has 0 aromatic heterocycles. The average molecular weight is 814 g/mol. The second-order valence-electron chi connectivity index (χ2n) is 12.3. The SMILES string of the molecule is COc1cc(OC)c(N(C(=O)Nc2cccc(C(F)(F)F)c2)N(C(=O)NC(C)C)c2cc(C(=O)CCCCCl)c(OC)cc2OC)cc1C(=O)CCCCCl. The van der Waals surface area contributed by atoms with Crippen LogP contribution in [0.25, 0.3) is 0 Å². The number of hydrogen-bond acceptors (Lipinski definition) is 8. The van der Waals surface area contributed by atoms with Gasteiger partial charge in [-0.1, -0.05) is 6.07 Å². The summed E-state index contributed by atoms with van der Waals surface area (Å²) < 4.78 is 63.6. The van der Waals surface area contributed by atoms with Gasteiger partial charge in [-0.2, -0.15) is 23.2 Å². The van der Waals surface area contributed by atoms with Gasteiger partial charge in [0.1, 0.15) is 34.4 Å². The zero-order chi connectivity index (χ0) is 40.9. The van der Waals surface area contributed by atoms with Crippen molar-refractivity contribution in [3.63, 3.8) is 0 Å². The maximum absolute atomic E-state index is 14.7. The van der Waals surface area contributed by atoms with Crippen molar-refractivity contribution in [1.82, 2.24) is 5.32 Å². The van der Waals surface area contributed by atoms with Crippen LogP contribution in [0.3, 0.4) is 0 Å². The first kappa shape index (κ1) is 44.5. The van der Waals surface area contributed by atoms with Crippen molar-refractivity contribution in [1.29, 1.82) is 0 Å². The van der Waals surface area contributed by atoms with Gasteiger partial charge >= 0.3 is 18.2 Å². The van der Waals surface area contributed by atoms with E-state index in [2.05, 4.69) is 10.6 Å². The minimum absolute atomic E-state index is 0.00538. The monoisotopic (exact) mass is 812 g/mol. The number of Topliss-reactive ketones (excluding diaryl/α,β-unsaturated/α-hetero) is 2. The predicted molar refractivity (Wildman–Crippen MR) is 206 cm³/mol. The van der Waals surface area contributed by atoms with Crippen LogP contribution in [-0.4, -0.2) is 69.9 Å². The van der Waals surface area contributed by atoms with Crippen LogP contribution in [-0.2, 0) is 6.18 Å². The average Bonchev–Trinajstić information content (AvgIpc) is 3.15. The molecule has 17 heteroatoms. The number of carbonyl (C=O) groups excluding carboxylic acids is 4. The standard InChI is InChI=1S/C38H45Cl2F3N4O8/c1-23(2)44-36(50)46(28-19-26(30(48)14-7-9-16-39)32(52-3)21-34(28)54-5)47(37(51)45-25-13-11-12-24(18-25)38(41,42)43)29-20-27(31(49)15-8-10-17-40)33(53-4)22-35(29)55-6/h11-13,18-23H,7-10,14-17H2,1-6H3,(H,44,50)(H,45,51). The van der Waals surface area contributed by atoms with E-state index in [9.17, 15) is 32.3 Å². The molecule has 12 nitrogen and oxygen atoms in total. The predicted octanol–water partition coefficient (Wildman–Crippen LogP) is 9.50. The first-order valence-corrected chi connectivity index (χ1v) is 18.3. The van der Waals surface area contributed by atoms with E-state index in [4.69, 9.17) is 42.1 Å². The Balaban J connectivity index is 2.47. The zero-order valence-corrected chi connectivity index (χ0v) is 32.9. The van der Waals surface area contributed by atoms with E-state index in [1.807, 2.05) is 0 Å². The molecule has 3 aromatic carbocycles. The number of halogens is 5. The molecule has 3 rings (SSSR count). The molecule has 0 saturated heterocycles. The molecule has 0 spiro atoms. The summed E-state index contributed by atoms with van der Waals surface area (Å²) >= 11 is 11.7. The molecule has 300 valence electrons. The number of hydrazine groups is 1. The number of methoxy groups -OCH3 is 4. The molecule has 4 amide bonds. The normalized spacial score (nSPS) is 11.1. The number of hydrogen-bond donors (Lipinski definition) is 2. The smallest absolute Gasteiger partial charge is 0.416 e. The zero-order valence-electron chi connectivity index (χ0n) is 31.4. The number of amides is 4. The molecule has 3 aromatic rings. The van der Waals surface area contributed by atoms with E-state index in [0.29, 0.717) is 37.4 Å². The lowest BCUT2D eigenvalue weighted by Gasteiger charge is -2.37. The van der Waals surface area contributed by atoms with Gasteiger partial charge in [-0.05, 0) is 69.9 Å². The quantitative estimate of drug-likeness (QED) is 0.0561. The third-order valence-corrected chi connectivity index (χ3v) is 8.61. The topological polar surface area (TPSA) is 136 Å². The maximum Gasteiger partial charge on any atom is 0.416 e. The van der Waals surface area contributed by atoms with Gasteiger partial charge in [0.05, 0.1) is 45.1 Å². The summed E-state index contributed by atoms with van der Waals surface area (Å²) in [6.45, 7) is 3.32. The lowest BCUT2D eigenvalue weighted by Crippen LogP contribution is -2.57. The van der Waals surface area contributed by atoms with Gasteiger partial charge in [-0.25, -0.2) is 9.59 Å². The number of unbranched alkanes of at least 4 members (excludes halogenated alkanes) is 2. The molecular weight excluding hydrogens is 768 g/mol. The van der Waals surface area contributed by atoms with Crippen molar-refractivity contribution < 1.29 is 51.3 Å². The third-order valence-electron chi connectivity index (χ3n) is 8.07. The largest absolute Gasteiger partial charge is 0.496 e. The lowest BCUT2D eigenvalue weighted by molar-refractivity contribution is -0.137. The highest BCUT2D eigenvalue weighted by Crippen LogP contribution is 2.42. The first-order chi connectivity index (χ1) is 26.1. The molecule has 0 aliphatic carbocycles. The molecule has 0 saturated carbocycles. The van der Waals surface area contributed by atoms with Crippen molar-refractivity contribution in [3.8, 4) is 23.0 Å². The van der Waals surface area contributed by atoms with Gasteiger partial charge in [0.2, 0.25) is 0 Å². The second kappa shape index (κ2) is 20.7. The second-order valence-corrected chi connectivity index (χ2v) is 13.1. The number of alkyl halides is 5. The van der Waals surface area contributed by atoms with E-state index in [1.54, 1.807) is 13.8 Å². The fourth-order valence-electron chi connectivity index (χ4n) is 5.43. The number of ether oxygens (including phenoxy) is 4. The Morgan fingerprint density at radius 3 is 1.53 bits per heavy atom. The molecule has 2 N–H and O–H groups in total. The van der Waals surface area contributed by atoms with Gasteiger partial charge in [0.15, 0.2) is 11.6 Å². The highest BCUT2D eigenvalue weighted by atomic mass is 35.5. The number of rotatable bonds is 18. The Labute approximate surface area is 328 Å². The summed E-state index contributed by atoms with van der Waals surface area (Å²) in [6.07, 6.45) is -2.67. The van der Waals surface area contributed by atoms with E-state index >= 15 is 0 Å². The molecule has 0 unspecified atom stereocenters. The van der Waals surface area contributed by atoms with E-state index in [-0.39, 0.29) is 69.8 Å². The van der Waals surface area contributed by atoms with E-state index in [1.165, 1.54) is 58.8 Å². The Bertz CT molecular complexity index is 1830. The fraction of sp³-hybridized carbons (Fsp3) is 0.421. The molecule has 0 bridgehead atoms. The van der Waals surface area contributed by atoms with Gasteiger partial charge in [0.25, 0.3) is 0 Å². The molecule has 55 heavy (non-hydrogen) atoms. The van der Waals surface area contributed by atoms with Gasteiger partial charge in [-0.15, -0.1) is 23.2 Å². The van der Waals surface area contributed by atoms with Crippen molar-refractivity contribution in [2.45, 2.75) is 64.6 Å². The third kappa shape index (κ3) is 11.6. The number of nitrogens with zero attached hydrogens (tertiary/aromatic N) is 2. The molecule has 0 aliphatic rings. The highest BCUT2D eigenvalue weighted by molar-refractivity contribution is 6.18. The van der Waals surface area contributed by atoms with Crippen molar-refractivity contribution in [2.75, 3.05) is 55.5 Å². The summed E-state index contributed by atoms with van der Waals surface area (Å²) in [7, 11) is 5.24. The fourth-order valence-corrected chi connectivity index (χ4v) is 5.81. The van der Waals surface area contributed by atoms with Gasteiger partial charge in [-0.3, -0.25) is 9.59 Å². The summed E-state index contributed by atoms with van der Waals surface area (Å²) in [5, 5.41) is 6.79. The van der Waals surface area contributed by atoms with Crippen LogP contribution in [0.4, 0.5) is 39.8 Å². The number of carbonyl (C=O) groups is 4. The first-order valence-electron chi connectivity index (χ1n) is 17.2. The number of ketones is 2. The van der Waals surface area contributed by atoms with Crippen LogP contribution < -0.4 is 39.6 Å². The van der Waals surface area contributed by atoms with E-state index < -0.39 is 35.6 Å². The summed E-state index contributed by atoms with van der Waals surface area (Å²) in [6, 6.07) is 6.52. The van der Waals surface area contributed by atoms with Crippen molar-refractivity contribution in [3.05, 3.63) is 65.2 Å². The minimum atomic E-state index is -4.75. The van der Waals surface area contributed by atoms with Crippen molar-refractivity contribution >= 4 is 63.9 Å². The molecule has 0 aliphatic heterocycles. The summed E-state index contributed by atoms with van der Waals surface area (Å²) in [5.41, 5.74) is -1.66. The van der Waals surface area contributed by atoms with Gasteiger partial charge in [0, 0.05) is 48.5 Å². The number of nitrogens with one attached hydrogen (secondary N) is 2. The van der Waals surface area contributed by atoms with Crippen LogP contribution in [0.5, 0.6) is 23.0 Å². The van der Waals surface area contributed by atoms with Gasteiger partial charge < -0.3 is 29.6 Å². The van der Waals surface area contributed by atoms with Crippen LogP contribution in [0, 0.1) is 0 Å². The van der Waals surface area contributed by atoms with Crippen LogP contribution >= 0.6 is 23.2 Å². The van der Waals surface area contributed by atoms with Crippen LogP contribution in [0.15, 0.2) is 48.5 Å². The lowest BCUT2D eigenvalue weighted by atomic mass is 10.0. The molecule has 0 radical (unpaired) electrons. The molecule has 0 heterocycles. The molecule has 0 atom stereocenters. The Morgan fingerprint density at radius 2 is 1.13 bits per heavy atom. The van der Waals surface area contributed by atoms with Crippen LogP contribution in [0.2, 0.25) is 0 Å². The summed E-state index contributed by atoms with van der Waals surface area (Å²) in [4.78, 5) is 56.4. The van der Waals surface area contributed by atoms with E-state index in [0.717, 1.165) is 28.2 Å². The maximum atomic E-state index is 14.7. The minimum Gasteiger partial charge on any atom is -0.496 e. The van der Waals surface area contributed by atoms with Crippen LogP contribution in [0.1, 0.15) is 78.7 Å². The number of urea groups is 2. The Hall–Kier alpha value is -4.89.